The Labute approximate surface area is 227 Å². The summed E-state index contributed by atoms with van der Waals surface area (Å²) in [5, 5.41) is 0. The molecule has 3 heterocycles. The van der Waals surface area contributed by atoms with E-state index < -0.39 is 5.79 Å². The molecule has 38 heavy (non-hydrogen) atoms. The van der Waals surface area contributed by atoms with E-state index in [9.17, 15) is 4.79 Å². The molecule has 2 atom stereocenters. The van der Waals surface area contributed by atoms with E-state index in [1.54, 1.807) is 19.4 Å². The Kier molecular flexibility index (Phi) is 11.2. The number of ether oxygens (including phenoxy) is 3. The zero-order chi connectivity index (χ0) is 27.4. The van der Waals surface area contributed by atoms with Crippen LogP contribution in [-0.4, -0.2) is 65.9 Å². The average Bonchev–Trinajstić information content (AvgIpc) is 3.66. The number of aromatic nitrogens is 2. The fourth-order valence-corrected chi connectivity index (χ4v) is 4.51. The van der Waals surface area contributed by atoms with Crippen LogP contribution in [0.5, 0.6) is 5.75 Å². The minimum atomic E-state index is -0.873. The van der Waals surface area contributed by atoms with Gasteiger partial charge in [0.05, 0.1) is 19.5 Å². The van der Waals surface area contributed by atoms with Crippen LogP contribution in [0.3, 0.4) is 0 Å². The lowest BCUT2D eigenvalue weighted by molar-refractivity contribution is -0.189. The van der Waals surface area contributed by atoms with E-state index in [2.05, 4.69) is 22.0 Å². The van der Waals surface area contributed by atoms with Gasteiger partial charge in [-0.25, -0.2) is 4.98 Å². The third kappa shape index (κ3) is 7.36. The molecule has 1 amide bonds. The minimum Gasteiger partial charge on any atom is -0.491 e. The minimum absolute atomic E-state index is 0.141. The van der Waals surface area contributed by atoms with Gasteiger partial charge >= 0.3 is 0 Å². The van der Waals surface area contributed by atoms with E-state index in [4.69, 9.17) is 14.2 Å². The molecular weight excluding hydrogens is 480 g/mol. The molecule has 2 unspecified atom stereocenters. The van der Waals surface area contributed by atoms with Crippen LogP contribution in [0.1, 0.15) is 40.2 Å². The van der Waals surface area contributed by atoms with Gasteiger partial charge in [-0.05, 0) is 24.3 Å². The summed E-state index contributed by atoms with van der Waals surface area (Å²) in [5.74, 6) is 0.0614. The van der Waals surface area contributed by atoms with Gasteiger partial charge in [0.2, 0.25) is 11.7 Å². The fraction of sp³-hybridized carbons (Fsp3) is 0.467. The first-order valence-electron chi connectivity index (χ1n) is 13.7. The lowest BCUT2D eigenvalue weighted by atomic mass is 10.1. The van der Waals surface area contributed by atoms with Crippen molar-refractivity contribution in [3.8, 4) is 5.75 Å². The molecule has 0 bridgehead atoms. The number of carbonyl (C=O) groups is 1. The average molecular weight is 523 g/mol. The molecule has 8 nitrogen and oxygen atoms in total. The highest BCUT2D eigenvalue weighted by Crippen LogP contribution is 2.36. The van der Waals surface area contributed by atoms with Crippen molar-refractivity contribution in [2.75, 3.05) is 44.3 Å². The molecule has 3 aromatic rings. The number of anilines is 1. The fourth-order valence-electron chi connectivity index (χ4n) is 4.51. The van der Waals surface area contributed by atoms with Crippen LogP contribution in [-0.2, 0) is 26.6 Å². The quantitative estimate of drug-likeness (QED) is 0.437. The lowest BCUT2D eigenvalue weighted by Gasteiger charge is -2.35. The molecule has 0 radical (unpaired) electrons. The van der Waals surface area contributed by atoms with E-state index in [1.165, 1.54) is 0 Å². The van der Waals surface area contributed by atoms with Gasteiger partial charge in [0, 0.05) is 56.7 Å². The smallest absolute Gasteiger partial charge is 0.219 e. The topological polar surface area (TPSA) is 69.1 Å². The van der Waals surface area contributed by atoms with E-state index in [-0.39, 0.29) is 12.0 Å². The van der Waals surface area contributed by atoms with Crippen molar-refractivity contribution in [2.45, 2.75) is 53.1 Å². The molecule has 2 aliphatic rings. The third-order valence-corrected chi connectivity index (χ3v) is 6.39. The Morgan fingerprint density at radius 1 is 1.00 bits per heavy atom. The van der Waals surface area contributed by atoms with Crippen LogP contribution in [0, 0.1) is 0 Å². The van der Waals surface area contributed by atoms with Gasteiger partial charge in [0.15, 0.2) is 0 Å². The van der Waals surface area contributed by atoms with Crippen LogP contribution in [0.25, 0.3) is 0 Å². The molecular formula is C30H42N4O4. The molecule has 8 heteroatoms. The number of imidazole rings is 1. The number of hydrogen-bond acceptors (Lipinski definition) is 6. The number of piperazine rings is 1. The Morgan fingerprint density at radius 2 is 1.68 bits per heavy atom. The maximum atomic E-state index is 11.5. The highest BCUT2D eigenvalue weighted by molar-refractivity contribution is 5.73. The molecule has 2 aromatic carbocycles. The van der Waals surface area contributed by atoms with E-state index >= 15 is 0 Å². The van der Waals surface area contributed by atoms with Gasteiger partial charge in [0.25, 0.3) is 0 Å². The molecule has 0 N–H and O–H groups in total. The Morgan fingerprint density at radius 3 is 2.29 bits per heavy atom. The predicted molar refractivity (Wildman–Crippen MR) is 150 cm³/mol. The molecule has 5 rings (SSSR count). The van der Waals surface area contributed by atoms with Crippen molar-refractivity contribution in [2.24, 2.45) is 0 Å². The number of benzene rings is 2. The van der Waals surface area contributed by atoms with Gasteiger partial charge in [-0.2, -0.15) is 0 Å². The van der Waals surface area contributed by atoms with Crippen LogP contribution >= 0.6 is 0 Å². The second-order valence-corrected chi connectivity index (χ2v) is 8.70. The first-order chi connectivity index (χ1) is 18.6. The Hall–Kier alpha value is -3.36. The van der Waals surface area contributed by atoms with Crippen molar-refractivity contribution in [1.29, 1.82) is 0 Å². The van der Waals surface area contributed by atoms with Crippen LogP contribution in [0.4, 0.5) is 5.69 Å². The summed E-state index contributed by atoms with van der Waals surface area (Å²) >= 11 is 0. The molecule has 2 saturated heterocycles. The van der Waals surface area contributed by atoms with Gasteiger partial charge in [-0.3, -0.25) is 4.79 Å². The van der Waals surface area contributed by atoms with Crippen LogP contribution < -0.4 is 9.64 Å². The van der Waals surface area contributed by atoms with E-state index in [0.717, 1.165) is 43.2 Å². The summed E-state index contributed by atoms with van der Waals surface area (Å²) in [7, 11) is 0. The highest BCUT2D eigenvalue weighted by atomic mass is 16.8. The second kappa shape index (κ2) is 14.5. The summed E-state index contributed by atoms with van der Waals surface area (Å²) in [6.07, 6.45) is 5.23. The molecule has 0 aliphatic carbocycles. The maximum Gasteiger partial charge on any atom is 0.219 e. The number of hydrogen-bond donors (Lipinski definition) is 0. The zero-order valence-corrected chi connectivity index (χ0v) is 23.4. The summed E-state index contributed by atoms with van der Waals surface area (Å²) in [4.78, 5) is 19.9. The van der Waals surface area contributed by atoms with Crippen molar-refractivity contribution in [1.82, 2.24) is 14.5 Å². The standard InChI is InChI=1S/C26H30N4O4.2C2H6/c1-21(31)29-13-15-30(16-14-29)23-7-9-24(10-8-23)32-17-25-18-33-26(34-25,19-28-12-11-27-20-28)22-5-3-2-4-6-22;2*1-2/h2-12,20,25H,13-19H2,1H3;2*1-2H3. The van der Waals surface area contributed by atoms with Crippen molar-refractivity contribution in [3.63, 3.8) is 0 Å². The maximum absolute atomic E-state index is 11.5. The molecule has 0 spiro atoms. The molecule has 206 valence electrons. The number of carbonyl (C=O) groups excluding carboxylic acids is 1. The first kappa shape index (κ1) is 29.2. The SMILES string of the molecule is CC.CC.CC(=O)N1CCN(c2ccc(OCC3COC(Cn4ccnc4)(c4ccccc4)O3)cc2)CC1. The molecule has 2 fully saturated rings. The normalized spacial score (nSPS) is 20.6. The monoisotopic (exact) mass is 522 g/mol. The summed E-state index contributed by atoms with van der Waals surface area (Å²) < 4.78 is 20.7. The van der Waals surface area contributed by atoms with Gasteiger partial charge in [-0.1, -0.05) is 58.0 Å². The summed E-state index contributed by atoms with van der Waals surface area (Å²) in [5.41, 5.74) is 2.11. The zero-order valence-electron chi connectivity index (χ0n) is 23.4. The Bertz CT molecular complexity index is 1070. The lowest BCUT2D eigenvalue weighted by Crippen LogP contribution is -2.48. The highest BCUT2D eigenvalue weighted by Gasteiger charge is 2.44. The largest absolute Gasteiger partial charge is 0.491 e. The number of nitrogens with zero attached hydrogens (tertiary/aromatic N) is 4. The van der Waals surface area contributed by atoms with E-state index in [0.29, 0.717) is 19.8 Å². The molecule has 1 aromatic heterocycles. The third-order valence-electron chi connectivity index (χ3n) is 6.39. The van der Waals surface area contributed by atoms with Crippen molar-refractivity contribution >= 4 is 11.6 Å². The van der Waals surface area contributed by atoms with Crippen molar-refractivity contribution < 1.29 is 19.0 Å². The predicted octanol–water partition coefficient (Wildman–Crippen LogP) is 4.95. The molecule has 2 aliphatic heterocycles. The molecule has 0 saturated carbocycles. The van der Waals surface area contributed by atoms with Crippen LogP contribution in [0.2, 0.25) is 0 Å². The summed E-state index contributed by atoms with van der Waals surface area (Å²) in [6.45, 7) is 14.2. The number of rotatable bonds is 7. The van der Waals surface area contributed by atoms with Gasteiger partial charge < -0.3 is 28.6 Å². The van der Waals surface area contributed by atoms with Gasteiger partial charge in [-0.15, -0.1) is 0 Å². The summed E-state index contributed by atoms with van der Waals surface area (Å²) in [6, 6.07) is 18.1. The van der Waals surface area contributed by atoms with Crippen LogP contribution in [0.15, 0.2) is 73.3 Å². The number of amides is 1. The first-order valence-corrected chi connectivity index (χ1v) is 13.7. The van der Waals surface area contributed by atoms with E-state index in [1.807, 2.05) is 85.8 Å². The van der Waals surface area contributed by atoms with Crippen molar-refractivity contribution in [3.05, 3.63) is 78.9 Å². The second-order valence-electron chi connectivity index (χ2n) is 8.70. The van der Waals surface area contributed by atoms with Gasteiger partial charge in [0.1, 0.15) is 18.5 Å². The Balaban J connectivity index is 0.000000956.